The third-order valence-electron chi connectivity index (χ3n) is 3.17. The van der Waals surface area contributed by atoms with E-state index in [1.807, 2.05) is 13.8 Å². The van der Waals surface area contributed by atoms with Gasteiger partial charge < -0.3 is 10.4 Å². The predicted octanol–water partition coefficient (Wildman–Crippen LogP) is 3.27. The lowest BCUT2D eigenvalue weighted by molar-refractivity contribution is 0.0977. The Morgan fingerprint density at radius 1 is 1.18 bits per heavy atom. The van der Waals surface area contributed by atoms with E-state index in [9.17, 15) is 14.3 Å². The normalized spacial score (nSPS) is 10.1. The number of phenolic OH excluding ortho intramolecular Hbond substituents is 1. The van der Waals surface area contributed by atoms with Crippen molar-refractivity contribution in [2.75, 3.05) is 5.32 Å². The van der Waals surface area contributed by atoms with Gasteiger partial charge in [-0.2, -0.15) is 0 Å². The Morgan fingerprint density at radius 3 is 2.55 bits per heavy atom. The van der Waals surface area contributed by atoms with Gasteiger partial charge in [-0.1, -0.05) is 6.07 Å². The molecule has 2 aromatic rings. The van der Waals surface area contributed by atoms with Crippen molar-refractivity contribution in [1.82, 2.24) is 5.32 Å². The number of aryl methyl sites for hydroxylation is 2. The van der Waals surface area contributed by atoms with E-state index in [-0.39, 0.29) is 16.4 Å². The first-order valence-corrected chi connectivity index (χ1v) is 6.96. The van der Waals surface area contributed by atoms with Gasteiger partial charge in [0.2, 0.25) is 0 Å². The molecule has 4 nitrogen and oxygen atoms in total. The summed E-state index contributed by atoms with van der Waals surface area (Å²) in [6, 6.07) is 8.62. The minimum Gasteiger partial charge on any atom is -0.506 e. The number of anilines is 1. The highest BCUT2D eigenvalue weighted by Crippen LogP contribution is 2.26. The van der Waals surface area contributed by atoms with Crippen LogP contribution in [0, 0.1) is 19.7 Å². The molecule has 0 aliphatic rings. The van der Waals surface area contributed by atoms with Gasteiger partial charge in [0.05, 0.1) is 5.69 Å². The molecule has 0 aliphatic heterocycles. The van der Waals surface area contributed by atoms with Gasteiger partial charge in [-0.25, -0.2) is 4.39 Å². The van der Waals surface area contributed by atoms with Gasteiger partial charge in [-0.05, 0) is 67.5 Å². The van der Waals surface area contributed by atoms with Crippen molar-refractivity contribution < 1.29 is 14.3 Å². The summed E-state index contributed by atoms with van der Waals surface area (Å²) in [5, 5.41) is 15.1. The quantitative estimate of drug-likeness (QED) is 0.587. The van der Waals surface area contributed by atoms with Crippen molar-refractivity contribution in [2.45, 2.75) is 13.8 Å². The van der Waals surface area contributed by atoms with Gasteiger partial charge >= 0.3 is 0 Å². The van der Waals surface area contributed by atoms with Crippen LogP contribution in [0.25, 0.3) is 0 Å². The van der Waals surface area contributed by atoms with Crippen LogP contribution < -0.4 is 10.6 Å². The molecule has 0 radical (unpaired) electrons. The molecule has 0 aromatic heterocycles. The van der Waals surface area contributed by atoms with Crippen molar-refractivity contribution >= 4 is 28.9 Å². The molecule has 0 atom stereocenters. The lowest BCUT2D eigenvalue weighted by atomic mass is 10.1. The van der Waals surface area contributed by atoms with E-state index in [0.717, 1.165) is 17.2 Å². The summed E-state index contributed by atoms with van der Waals surface area (Å²) in [7, 11) is 0. The summed E-state index contributed by atoms with van der Waals surface area (Å²) in [6.07, 6.45) is 0. The molecular formula is C16H15FN2O2S. The molecule has 0 spiro atoms. The fourth-order valence-corrected chi connectivity index (χ4v) is 2.06. The average molecular weight is 318 g/mol. The zero-order valence-corrected chi connectivity index (χ0v) is 12.9. The summed E-state index contributed by atoms with van der Waals surface area (Å²) in [6.45, 7) is 3.78. The monoisotopic (exact) mass is 318 g/mol. The van der Waals surface area contributed by atoms with Crippen molar-refractivity contribution in [3.8, 4) is 5.75 Å². The molecule has 2 rings (SSSR count). The number of benzene rings is 2. The highest BCUT2D eigenvalue weighted by molar-refractivity contribution is 7.80. The van der Waals surface area contributed by atoms with Gasteiger partial charge in [0.25, 0.3) is 5.91 Å². The Labute approximate surface area is 133 Å². The van der Waals surface area contributed by atoms with Crippen LogP contribution in [0.15, 0.2) is 36.4 Å². The first-order chi connectivity index (χ1) is 10.4. The SMILES string of the molecule is Cc1cc(O)c(NC(=S)NC(=O)c2cccc(F)c2)cc1C. The molecule has 22 heavy (non-hydrogen) atoms. The van der Waals surface area contributed by atoms with Crippen LogP contribution in [0.5, 0.6) is 5.75 Å². The topological polar surface area (TPSA) is 61.4 Å². The largest absolute Gasteiger partial charge is 0.506 e. The van der Waals surface area contributed by atoms with Crippen LogP contribution in [0.2, 0.25) is 0 Å². The highest BCUT2D eigenvalue weighted by atomic mass is 32.1. The number of hydrogen-bond acceptors (Lipinski definition) is 3. The number of thiocarbonyl (C=S) groups is 1. The Balaban J connectivity index is 2.07. The van der Waals surface area contributed by atoms with E-state index in [0.29, 0.717) is 5.69 Å². The zero-order valence-electron chi connectivity index (χ0n) is 12.1. The molecular weight excluding hydrogens is 303 g/mol. The number of halogens is 1. The third kappa shape index (κ3) is 3.79. The smallest absolute Gasteiger partial charge is 0.257 e. The summed E-state index contributed by atoms with van der Waals surface area (Å²) < 4.78 is 13.1. The van der Waals surface area contributed by atoms with Gasteiger partial charge in [-0.3, -0.25) is 10.1 Å². The maximum atomic E-state index is 13.1. The second kappa shape index (κ2) is 6.53. The Kier molecular flexibility index (Phi) is 4.72. The molecule has 0 saturated carbocycles. The summed E-state index contributed by atoms with van der Waals surface area (Å²) in [4.78, 5) is 11.9. The van der Waals surface area contributed by atoms with Gasteiger partial charge in [0.1, 0.15) is 11.6 Å². The van der Waals surface area contributed by atoms with E-state index in [4.69, 9.17) is 12.2 Å². The second-order valence-corrected chi connectivity index (χ2v) is 5.28. The van der Waals surface area contributed by atoms with Crippen molar-refractivity contribution in [2.24, 2.45) is 0 Å². The molecule has 0 saturated heterocycles. The van der Waals surface area contributed by atoms with Crippen LogP contribution >= 0.6 is 12.2 Å². The molecule has 0 aliphatic carbocycles. The number of amides is 1. The number of carbonyl (C=O) groups excluding carboxylic acids is 1. The van der Waals surface area contributed by atoms with E-state index < -0.39 is 11.7 Å². The third-order valence-corrected chi connectivity index (χ3v) is 3.38. The summed E-state index contributed by atoms with van der Waals surface area (Å²) in [5.41, 5.74) is 2.47. The first kappa shape index (κ1) is 15.9. The van der Waals surface area contributed by atoms with E-state index >= 15 is 0 Å². The Morgan fingerprint density at radius 2 is 1.86 bits per heavy atom. The summed E-state index contributed by atoms with van der Waals surface area (Å²) >= 11 is 5.03. The van der Waals surface area contributed by atoms with Crippen LogP contribution in [-0.2, 0) is 0 Å². The molecule has 2 aromatic carbocycles. The molecule has 0 fully saturated rings. The first-order valence-electron chi connectivity index (χ1n) is 6.55. The van der Waals surface area contributed by atoms with Crippen LogP contribution in [0.3, 0.4) is 0 Å². The molecule has 0 unspecified atom stereocenters. The minimum absolute atomic E-state index is 0.0211. The number of phenols is 1. The number of nitrogens with one attached hydrogen (secondary N) is 2. The van der Waals surface area contributed by atoms with Crippen molar-refractivity contribution in [3.63, 3.8) is 0 Å². The number of hydrogen-bond donors (Lipinski definition) is 3. The molecule has 0 bridgehead atoms. The van der Waals surface area contributed by atoms with Crippen LogP contribution in [-0.4, -0.2) is 16.1 Å². The molecule has 0 heterocycles. The van der Waals surface area contributed by atoms with Gasteiger partial charge in [0.15, 0.2) is 5.11 Å². The Hall–Kier alpha value is -2.47. The maximum absolute atomic E-state index is 13.1. The predicted molar refractivity (Wildman–Crippen MR) is 87.7 cm³/mol. The van der Waals surface area contributed by atoms with Crippen molar-refractivity contribution in [3.05, 3.63) is 58.9 Å². The average Bonchev–Trinajstić information content (AvgIpc) is 2.44. The Bertz CT molecular complexity index is 747. The van der Waals surface area contributed by atoms with Crippen LogP contribution in [0.4, 0.5) is 10.1 Å². The highest BCUT2D eigenvalue weighted by Gasteiger charge is 2.11. The lowest BCUT2D eigenvalue weighted by Gasteiger charge is -2.12. The molecule has 1 amide bonds. The van der Waals surface area contributed by atoms with E-state index in [2.05, 4.69) is 10.6 Å². The van der Waals surface area contributed by atoms with Crippen LogP contribution in [0.1, 0.15) is 21.5 Å². The zero-order chi connectivity index (χ0) is 16.3. The lowest BCUT2D eigenvalue weighted by Crippen LogP contribution is -2.34. The standard InChI is InChI=1S/C16H15FN2O2S/c1-9-6-13(14(20)7-10(9)2)18-16(22)19-15(21)11-4-3-5-12(17)8-11/h3-8,20H,1-2H3,(H2,18,19,21,22). The fourth-order valence-electron chi connectivity index (χ4n) is 1.86. The number of carbonyl (C=O) groups is 1. The van der Waals surface area contributed by atoms with Gasteiger partial charge in [0, 0.05) is 5.56 Å². The van der Waals surface area contributed by atoms with E-state index in [1.54, 1.807) is 12.1 Å². The van der Waals surface area contributed by atoms with Crippen molar-refractivity contribution in [1.29, 1.82) is 0 Å². The second-order valence-electron chi connectivity index (χ2n) is 4.87. The van der Waals surface area contributed by atoms with E-state index in [1.165, 1.54) is 18.2 Å². The minimum atomic E-state index is -0.527. The van der Waals surface area contributed by atoms with Gasteiger partial charge in [-0.15, -0.1) is 0 Å². The fraction of sp³-hybridized carbons (Fsp3) is 0.125. The molecule has 114 valence electrons. The number of rotatable bonds is 2. The summed E-state index contributed by atoms with van der Waals surface area (Å²) in [5.74, 6) is -0.996. The molecule has 6 heteroatoms. The molecule has 3 N–H and O–H groups in total. The number of aromatic hydroxyl groups is 1. The maximum Gasteiger partial charge on any atom is 0.257 e.